The molecule has 0 aromatic heterocycles. The van der Waals surface area contributed by atoms with Crippen molar-refractivity contribution >= 4 is 0 Å². The van der Waals surface area contributed by atoms with E-state index in [4.69, 9.17) is 0 Å². The molecule has 0 radical (unpaired) electrons. The standard InChI is InChI=1S/C19H37N/c1-19(2,3)18-11-9-17(10-12-18)15-20-14-13-16-7-5-4-6-8-16/h16-18,20H,4-15H2,1-3H3. The van der Waals surface area contributed by atoms with E-state index in [1.54, 1.807) is 0 Å². The second-order valence-electron chi connectivity index (χ2n) is 8.58. The number of hydrogen-bond donors (Lipinski definition) is 1. The van der Waals surface area contributed by atoms with Crippen molar-refractivity contribution in [3.63, 3.8) is 0 Å². The maximum atomic E-state index is 3.76. The summed E-state index contributed by atoms with van der Waals surface area (Å²) in [6.07, 6.45) is 14.7. The van der Waals surface area contributed by atoms with E-state index in [0.717, 1.165) is 17.8 Å². The summed E-state index contributed by atoms with van der Waals surface area (Å²) in [5, 5.41) is 3.76. The van der Waals surface area contributed by atoms with Gasteiger partial charge in [0.25, 0.3) is 0 Å². The topological polar surface area (TPSA) is 12.0 Å². The van der Waals surface area contributed by atoms with Crippen molar-refractivity contribution in [2.75, 3.05) is 13.1 Å². The van der Waals surface area contributed by atoms with E-state index in [0.29, 0.717) is 5.41 Å². The van der Waals surface area contributed by atoms with Crippen molar-refractivity contribution in [3.05, 3.63) is 0 Å². The highest BCUT2D eigenvalue weighted by molar-refractivity contribution is 4.81. The van der Waals surface area contributed by atoms with Gasteiger partial charge in [-0.25, -0.2) is 0 Å². The van der Waals surface area contributed by atoms with E-state index in [2.05, 4.69) is 26.1 Å². The van der Waals surface area contributed by atoms with Crippen LogP contribution in [0.5, 0.6) is 0 Å². The van der Waals surface area contributed by atoms with Crippen LogP contribution in [0.4, 0.5) is 0 Å². The summed E-state index contributed by atoms with van der Waals surface area (Å²) in [5.74, 6) is 2.95. The van der Waals surface area contributed by atoms with Crippen LogP contribution in [0, 0.1) is 23.2 Å². The molecule has 0 aromatic rings. The zero-order valence-electron chi connectivity index (χ0n) is 14.2. The van der Waals surface area contributed by atoms with E-state index in [1.807, 2.05) is 0 Å². The molecule has 2 saturated carbocycles. The molecule has 0 heterocycles. The fraction of sp³-hybridized carbons (Fsp3) is 1.00. The Morgan fingerprint density at radius 2 is 1.45 bits per heavy atom. The van der Waals surface area contributed by atoms with Crippen LogP contribution in [-0.4, -0.2) is 13.1 Å². The van der Waals surface area contributed by atoms with E-state index in [9.17, 15) is 0 Å². The average Bonchev–Trinajstić information content (AvgIpc) is 2.44. The van der Waals surface area contributed by atoms with Crippen LogP contribution in [0.1, 0.15) is 85.0 Å². The van der Waals surface area contributed by atoms with Gasteiger partial charge in [0.2, 0.25) is 0 Å². The zero-order valence-corrected chi connectivity index (χ0v) is 14.2. The number of nitrogens with one attached hydrogen (secondary N) is 1. The molecule has 0 amide bonds. The SMILES string of the molecule is CC(C)(C)C1CCC(CNCCC2CCCCC2)CC1. The molecule has 0 atom stereocenters. The van der Waals surface area contributed by atoms with Crippen LogP contribution in [0.3, 0.4) is 0 Å². The quantitative estimate of drug-likeness (QED) is 0.664. The second kappa shape index (κ2) is 7.82. The summed E-state index contributed by atoms with van der Waals surface area (Å²) >= 11 is 0. The van der Waals surface area contributed by atoms with Gasteiger partial charge in [-0.1, -0.05) is 52.9 Å². The molecule has 20 heavy (non-hydrogen) atoms. The molecule has 2 rings (SSSR count). The Morgan fingerprint density at radius 1 is 0.800 bits per heavy atom. The molecule has 1 nitrogen and oxygen atoms in total. The van der Waals surface area contributed by atoms with Crippen LogP contribution < -0.4 is 5.32 Å². The van der Waals surface area contributed by atoms with Gasteiger partial charge in [0.1, 0.15) is 0 Å². The van der Waals surface area contributed by atoms with Crippen molar-refractivity contribution < 1.29 is 0 Å². The van der Waals surface area contributed by atoms with Gasteiger partial charge >= 0.3 is 0 Å². The van der Waals surface area contributed by atoms with Crippen LogP contribution >= 0.6 is 0 Å². The van der Waals surface area contributed by atoms with Crippen LogP contribution in [-0.2, 0) is 0 Å². The van der Waals surface area contributed by atoms with Gasteiger partial charge in [0.15, 0.2) is 0 Å². The van der Waals surface area contributed by atoms with Gasteiger partial charge < -0.3 is 5.32 Å². The monoisotopic (exact) mass is 279 g/mol. The fourth-order valence-corrected chi connectivity index (χ4v) is 4.32. The first-order chi connectivity index (χ1) is 9.55. The first-order valence-electron chi connectivity index (χ1n) is 9.26. The molecule has 1 N–H and O–H groups in total. The molecular weight excluding hydrogens is 242 g/mol. The van der Waals surface area contributed by atoms with Crippen molar-refractivity contribution in [2.45, 2.75) is 85.0 Å². The van der Waals surface area contributed by atoms with Gasteiger partial charge in [-0.05, 0) is 68.4 Å². The molecule has 0 aliphatic heterocycles. The maximum absolute atomic E-state index is 3.76. The van der Waals surface area contributed by atoms with Gasteiger partial charge in [0.05, 0.1) is 0 Å². The lowest BCUT2D eigenvalue weighted by Crippen LogP contribution is -2.31. The lowest BCUT2D eigenvalue weighted by atomic mass is 9.70. The Hall–Kier alpha value is -0.0400. The highest BCUT2D eigenvalue weighted by atomic mass is 14.9. The zero-order chi connectivity index (χ0) is 14.4. The molecule has 0 aromatic carbocycles. The summed E-state index contributed by atoms with van der Waals surface area (Å²) in [6, 6.07) is 0. The molecule has 0 saturated heterocycles. The Morgan fingerprint density at radius 3 is 2.05 bits per heavy atom. The van der Waals surface area contributed by atoms with Crippen molar-refractivity contribution in [1.82, 2.24) is 5.32 Å². The first-order valence-corrected chi connectivity index (χ1v) is 9.26. The van der Waals surface area contributed by atoms with Gasteiger partial charge in [-0.15, -0.1) is 0 Å². The van der Waals surface area contributed by atoms with E-state index < -0.39 is 0 Å². The Kier molecular flexibility index (Phi) is 6.39. The largest absolute Gasteiger partial charge is 0.316 e. The van der Waals surface area contributed by atoms with Crippen molar-refractivity contribution in [2.24, 2.45) is 23.2 Å². The summed E-state index contributed by atoms with van der Waals surface area (Å²) in [4.78, 5) is 0. The summed E-state index contributed by atoms with van der Waals surface area (Å²) in [5.41, 5.74) is 0.527. The smallest absolute Gasteiger partial charge is 0.00205 e. The second-order valence-corrected chi connectivity index (χ2v) is 8.58. The van der Waals surface area contributed by atoms with Crippen LogP contribution in [0.2, 0.25) is 0 Å². The lowest BCUT2D eigenvalue weighted by Gasteiger charge is -2.37. The maximum Gasteiger partial charge on any atom is -0.00205 e. The molecule has 2 fully saturated rings. The molecule has 2 aliphatic carbocycles. The Labute approximate surface area is 127 Å². The third-order valence-corrected chi connectivity index (χ3v) is 5.96. The molecule has 1 heteroatoms. The minimum Gasteiger partial charge on any atom is -0.316 e. The normalized spacial score (nSPS) is 29.6. The van der Waals surface area contributed by atoms with E-state index >= 15 is 0 Å². The Bertz CT molecular complexity index is 251. The summed E-state index contributed by atoms with van der Waals surface area (Å²) < 4.78 is 0. The predicted octanol–water partition coefficient (Wildman–Crippen LogP) is 5.40. The molecular formula is C19H37N. The van der Waals surface area contributed by atoms with E-state index in [-0.39, 0.29) is 0 Å². The molecule has 0 bridgehead atoms. The third kappa shape index (κ3) is 5.39. The Balaban J connectivity index is 1.53. The van der Waals surface area contributed by atoms with Gasteiger partial charge in [-0.2, -0.15) is 0 Å². The minimum atomic E-state index is 0.527. The minimum absolute atomic E-state index is 0.527. The fourth-order valence-electron chi connectivity index (χ4n) is 4.32. The summed E-state index contributed by atoms with van der Waals surface area (Å²) in [7, 11) is 0. The average molecular weight is 280 g/mol. The molecule has 2 aliphatic rings. The van der Waals surface area contributed by atoms with Gasteiger partial charge in [0, 0.05) is 0 Å². The lowest BCUT2D eigenvalue weighted by molar-refractivity contribution is 0.148. The number of rotatable bonds is 5. The predicted molar refractivity (Wildman–Crippen MR) is 89.0 cm³/mol. The third-order valence-electron chi connectivity index (χ3n) is 5.96. The molecule has 0 spiro atoms. The molecule has 0 unspecified atom stereocenters. The highest BCUT2D eigenvalue weighted by Crippen LogP contribution is 2.39. The number of hydrogen-bond acceptors (Lipinski definition) is 1. The highest BCUT2D eigenvalue weighted by Gasteiger charge is 2.29. The summed E-state index contributed by atoms with van der Waals surface area (Å²) in [6.45, 7) is 9.80. The van der Waals surface area contributed by atoms with Crippen molar-refractivity contribution in [3.8, 4) is 0 Å². The van der Waals surface area contributed by atoms with Gasteiger partial charge in [-0.3, -0.25) is 0 Å². The van der Waals surface area contributed by atoms with Crippen LogP contribution in [0.15, 0.2) is 0 Å². The molecule has 118 valence electrons. The van der Waals surface area contributed by atoms with E-state index in [1.165, 1.54) is 77.3 Å². The first kappa shape index (κ1) is 16.3. The van der Waals surface area contributed by atoms with Crippen LogP contribution in [0.25, 0.3) is 0 Å². The van der Waals surface area contributed by atoms with Crippen molar-refractivity contribution in [1.29, 1.82) is 0 Å².